The van der Waals surface area contributed by atoms with Crippen LogP contribution in [-0.4, -0.2) is 26.4 Å². The zero-order valence-electron chi connectivity index (χ0n) is 13.6. The number of aromatic nitrogens is 3. The molecule has 1 aromatic heterocycles. The molecule has 0 saturated carbocycles. The highest BCUT2D eigenvalue weighted by Gasteiger charge is 2.14. The average Bonchev–Trinajstić information content (AvgIpc) is 3.01. The van der Waals surface area contributed by atoms with Gasteiger partial charge in [-0.2, -0.15) is 0 Å². The fraction of sp³-hybridized carbons (Fsp3) is 0.167. The molecule has 0 aliphatic carbocycles. The molecule has 0 fully saturated rings. The number of thioether (sulfide) groups is 1. The van der Waals surface area contributed by atoms with Gasteiger partial charge in [-0.15, -0.1) is 10.2 Å². The van der Waals surface area contributed by atoms with Gasteiger partial charge >= 0.3 is 0 Å². The van der Waals surface area contributed by atoms with E-state index in [1.165, 1.54) is 22.0 Å². The van der Waals surface area contributed by atoms with Crippen molar-refractivity contribution in [3.05, 3.63) is 64.7 Å². The first kappa shape index (κ1) is 17.5. The van der Waals surface area contributed by atoms with Crippen molar-refractivity contribution in [2.75, 3.05) is 11.6 Å². The second-order valence-electron chi connectivity index (χ2n) is 5.45. The lowest BCUT2D eigenvalue weighted by atomic mass is 10.1. The van der Waals surface area contributed by atoms with Gasteiger partial charge in [0, 0.05) is 16.1 Å². The zero-order valence-corrected chi connectivity index (χ0v) is 15.2. The normalized spacial score (nSPS) is 10.8. The molecular formula is C18H17ClN4OS. The summed E-state index contributed by atoms with van der Waals surface area (Å²) in [6.45, 7) is 2.08. The fourth-order valence-electron chi connectivity index (χ4n) is 2.31. The van der Waals surface area contributed by atoms with E-state index in [0.717, 1.165) is 12.0 Å². The Morgan fingerprint density at radius 3 is 2.44 bits per heavy atom. The van der Waals surface area contributed by atoms with E-state index in [1.807, 2.05) is 36.4 Å². The van der Waals surface area contributed by atoms with Crippen LogP contribution in [0.25, 0.3) is 11.4 Å². The maximum absolute atomic E-state index is 12.3. The summed E-state index contributed by atoms with van der Waals surface area (Å²) in [5, 5.41) is 9.30. The van der Waals surface area contributed by atoms with Gasteiger partial charge < -0.3 is 5.84 Å². The summed E-state index contributed by atoms with van der Waals surface area (Å²) in [6.07, 6.45) is 0.951. The molecule has 3 aromatic rings. The number of aryl methyl sites for hydroxylation is 1. The first-order valence-corrected chi connectivity index (χ1v) is 9.16. The first-order valence-electron chi connectivity index (χ1n) is 7.80. The molecule has 2 N–H and O–H groups in total. The van der Waals surface area contributed by atoms with Crippen LogP contribution in [-0.2, 0) is 6.42 Å². The monoisotopic (exact) mass is 372 g/mol. The van der Waals surface area contributed by atoms with Crippen LogP contribution in [0.5, 0.6) is 0 Å². The second-order valence-corrected chi connectivity index (χ2v) is 6.82. The van der Waals surface area contributed by atoms with Crippen molar-refractivity contribution >= 4 is 29.1 Å². The van der Waals surface area contributed by atoms with E-state index in [-0.39, 0.29) is 11.5 Å². The molecule has 0 spiro atoms. The number of carbonyl (C=O) groups is 1. The SMILES string of the molecule is CCc1ccc(C(=O)CSc2nnc(-c3ccc(Cl)cc3)n2N)cc1. The predicted octanol–water partition coefficient (Wildman–Crippen LogP) is 3.85. The van der Waals surface area contributed by atoms with Crippen molar-refractivity contribution < 1.29 is 4.79 Å². The maximum Gasteiger partial charge on any atom is 0.210 e. The fourth-order valence-corrected chi connectivity index (χ4v) is 3.19. The van der Waals surface area contributed by atoms with E-state index < -0.39 is 0 Å². The zero-order chi connectivity index (χ0) is 17.8. The Balaban J connectivity index is 1.69. The summed E-state index contributed by atoms with van der Waals surface area (Å²) in [5.41, 5.74) is 2.71. The molecule has 3 rings (SSSR count). The molecular weight excluding hydrogens is 356 g/mol. The van der Waals surface area contributed by atoms with Gasteiger partial charge in [-0.25, -0.2) is 4.68 Å². The standard InChI is InChI=1S/C18H17ClN4OS/c1-2-12-3-5-13(6-4-12)16(24)11-25-18-22-21-17(23(18)20)14-7-9-15(19)10-8-14/h3-10H,2,11,20H2,1H3. The highest BCUT2D eigenvalue weighted by atomic mass is 35.5. The van der Waals surface area contributed by atoms with Crippen LogP contribution in [0.2, 0.25) is 5.02 Å². The van der Waals surface area contributed by atoms with Gasteiger partial charge in [0.05, 0.1) is 5.75 Å². The average molecular weight is 373 g/mol. The molecule has 0 radical (unpaired) electrons. The van der Waals surface area contributed by atoms with E-state index in [0.29, 0.717) is 21.6 Å². The summed E-state index contributed by atoms with van der Waals surface area (Å²) in [5.74, 6) is 6.87. The van der Waals surface area contributed by atoms with Gasteiger partial charge in [-0.3, -0.25) is 4.79 Å². The summed E-state index contributed by atoms with van der Waals surface area (Å²) in [7, 11) is 0. The van der Waals surface area contributed by atoms with Crippen LogP contribution in [0.4, 0.5) is 0 Å². The summed E-state index contributed by atoms with van der Waals surface area (Å²) in [4.78, 5) is 12.3. The van der Waals surface area contributed by atoms with Crippen LogP contribution < -0.4 is 5.84 Å². The van der Waals surface area contributed by atoms with Gasteiger partial charge in [0.1, 0.15) is 0 Å². The Bertz CT molecular complexity index is 875. The minimum atomic E-state index is 0.0312. The number of ketones is 1. The van der Waals surface area contributed by atoms with Crippen LogP contribution >= 0.6 is 23.4 Å². The van der Waals surface area contributed by atoms with Gasteiger partial charge in [-0.1, -0.05) is 54.6 Å². The number of Topliss-reactive ketones (excluding diaryl/α,β-unsaturated/α-hetero) is 1. The van der Waals surface area contributed by atoms with Gasteiger partial charge in [-0.05, 0) is 36.2 Å². The smallest absolute Gasteiger partial charge is 0.210 e. The first-order chi connectivity index (χ1) is 12.1. The van der Waals surface area contributed by atoms with E-state index in [9.17, 15) is 4.79 Å². The lowest BCUT2D eigenvalue weighted by Gasteiger charge is -2.04. The third-order valence-electron chi connectivity index (χ3n) is 3.78. The number of hydrogen-bond acceptors (Lipinski definition) is 5. The van der Waals surface area contributed by atoms with Gasteiger partial charge in [0.15, 0.2) is 11.6 Å². The molecule has 0 aliphatic heterocycles. The molecule has 2 aromatic carbocycles. The number of nitrogen functional groups attached to an aromatic ring is 1. The molecule has 25 heavy (non-hydrogen) atoms. The van der Waals surface area contributed by atoms with E-state index in [4.69, 9.17) is 17.4 Å². The Morgan fingerprint density at radius 2 is 1.80 bits per heavy atom. The highest BCUT2D eigenvalue weighted by molar-refractivity contribution is 7.99. The van der Waals surface area contributed by atoms with E-state index in [1.54, 1.807) is 12.1 Å². The van der Waals surface area contributed by atoms with Crippen LogP contribution in [0.15, 0.2) is 53.7 Å². The number of halogens is 1. The van der Waals surface area contributed by atoms with Crippen molar-refractivity contribution in [3.8, 4) is 11.4 Å². The highest BCUT2D eigenvalue weighted by Crippen LogP contribution is 2.23. The summed E-state index contributed by atoms with van der Waals surface area (Å²) < 4.78 is 1.39. The topological polar surface area (TPSA) is 73.8 Å². The van der Waals surface area contributed by atoms with Crippen LogP contribution in [0.1, 0.15) is 22.8 Å². The quantitative estimate of drug-likeness (QED) is 0.404. The molecule has 7 heteroatoms. The van der Waals surface area contributed by atoms with Crippen molar-refractivity contribution in [1.29, 1.82) is 0 Å². The summed E-state index contributed by atoms with van der Waals surface area (Å²) in [6, 6.07) is 14.8. The largest absolute Gasteiger partial charge is 0.335 e. The third kappa shape index (κ3) is 4.03. The molecule has 5 nitrogen and oxygen atoms in total. The second kappa shape index (κ2) is 7.72. The Kier molecular flexibility index (Phi) is 5.40. The molecule has 0 unspecified atom stereocenters. The lowest BCUT2D eigenvalue weighted by Crippen LogP contribution is -2.12. The van der Waals surface area contributed by atoms with Crippen molar-refractivity contribution in [1.82, 2.24) is 14.9 Å². The molecule has 1 heterocycles. The van der Waals surface area contributed by atoms with Crippen molar-refractivity contribution in [2.45, 2.75) is 18.5 Å². The number of rotatable bonds is 6. The van der Waals surface area contributed by atoms with Gasteiger partial charge in [0.25, 0.3) is 0 Å². The number of carbonyl (C=O) groups excluding carboxylic acids is 1. The maximum atomic E-state index is 12.3. The number of nitrogens with two attached hydrogens (primary N) is 1. The van der Waals surface area contributed by atoms with E-state index in [2.05, 4.69) is 17.1 Å². The van der Waals surface area contributed by atoms with E-state index >= 15 is 0 Å². The van der Waals surface area contributed by atoms with Crippen molar-refractivity contribution in [2.24, 2.45) is 0 Å². The van der Waals surface area contributed by atoms with Gasteiger partial charge in [0.2, 0.25) is 5.16 Å². The summed E-state index contributed by atoms with van der Waals surface area (Å²) >= 11 is 7.16. The molecule has 0 atom stereocenters. The van der Waals surface area contributed by atoms with Crippen LogP contribution in [0.3, 0.4) is 0 Å². The molecule has 128 valence electrons. The number of nitrogens with zero attached hydrogens (tertiary/aromatic N) is 3. The lowest BCUT2D eigenvalue weighted by molar-refractivity contribution is 0.102. The van der Waals surface area contributed by atoms with Crippen LogP contribution in [0, 0.1) is 0 Å². The minimum Gasteiger partial charge on any atom is -0.335 e. The number of benzene rings is 2. The molecule has 0 bridgehead atoms. The Morgan fingerprint density at radius 1 is 1.12 bits per heavy atom. The predicted molar refractivity (Wildman–Crippen MR) is 101 cm³/mol. The Labute approximate surface area is 155 Å². The van der Waals surface area contributed by atoms with Crippen molar-refractivity contribution in [3.63, 3.8) is 0 Å². The molecule has 0 saturated heterocycles. The third-order valence-corrected chi connectivity index (χ3v) is 4.98. The Hall–Kier alpha value is -2.31. The molecule has 0 aliphatic rings. The number of hydrogen-bond donors (Lipinski definition) is 1. The minimum absolute atomic E-state index is 0.0312. The molecule has 0 amide bonds.